The summed E-state index contributed by atoms with van der Waals surface area (Å²) in [5.41, 5.74) is 1.31. The van der Waals surface area contributed by atoms with Crippen molar-refractivity contribution < 1.29 is 14.7 Å². The number of carbonyl (C=O) groups is 2. The number of carboxylic acids is 1. The Hall–Kier alpha value is -2.63. The maximum Gasteiger partial charge on any atom is 0.335 e. The fourth-order valence-corrected chi connectivity index (χ4v) is 3.38. The molecule has 1 amide bonds. The van der Waals surface area contributed by atoms with Gasteiger partial charge in [-0.3, -0.25) is 9.48 Å². The molecule has 2 aromatic rings. The van der Waals surface area contributed by atoms with Gasteiger partial charge >= 0.3 is 5.97 Å². The van der Waals surface area contributed by atoms with E-state index in [2.05, 4.69) is 5.10 Å². The van der Waals surface area contributed by atoms with Crippen LogP contribution >= 0.6 is 0 Å². The molecule has 0 radical (unpaired) electrons. The van der Waals surface area contributed by atoms with Crippen LogP contribution in [0.5, 0.6) is 0 Å². The van der Waals surface area contributed by atoms with E-state index in [0.29, 0.717) is 18.5 Å². The van der Waals surface area contributed by atoms with Crippen molar-refractivity contribution in [3.8, 4) is 0 Å². The van der Waals surface area contributed by atoms with E-state index in [9.17, 15) is 9.59 Å². The quantitative estimate of drug-likeness (QED) is 0.876. The molecule has 1 aromatic carbocycles. The molecular formula is C19H23N3O3. The van der Waals surface area contributed by atoms with Crippen LogP contribution in [0.1, 0.15) is 47.5 Å². The van der Waals surface area contributed by atoms with Crippen LogP contribution in [-0.2, 0) is 11.3 Å². The van der Waals surface area contributed by atoms with Crippen molar-refractivity contribution in [3.05, 3.63) is 53.9 Å². The second kappa shape index (κ2) is 7.96. The fourth-order valence-electron chi connectivity index (χ4n) is 3.38. The number of hydrogen-bond acceptors (Lipinski definition) is 3. The zero-order valence-corrected chi connectivity index (χ0v) is 14.2. The zero-order valence-electron chi connectivity index (χ0n) is 14.2. The van der Waals surface area contributed by atoms with Crippen LogP contribution in [0, 0.1) is 0 Å². The molecule has 1 fully saturated rings. The lowest BCUT2D eigenvalue weighted by atomic mass is 9.89. The molecule has 3 rings (SSSR count). The molecule has 6 nitrogen and oxygen atoms in total. The van der Waals surface area contributed by atoms with E-state index >= 15 is 0 Å². The van der Waals surface area contributed by atoms with Gasteiger partial charge in [0.05, 0.1) is 5.56 Å². The molecule has 1 atom stereocenters. The van der Waals surface area contributed by atoms with Gasteiger partial charge in [0.25, 0.3) is 0 Å². The number of amides is 1. The second-order valence-electron chi connectivity index (χ2n) is 6.48. The molecule has 0 spiro atoms. The highest BCUT2D eigenvalue weighted by Crippen LogP contribution is 2.28. The number of hydrogen-bond donors (Lipinski definition) is 1. The van der Waals surface area contributed by atoms with Crippen LogP contribution in [0.25, 0.3) is 0 Å². The molecule has 1 aliphatic heterocycles. The minimum absolute atomic E-state index is 0.172. The Balaban J connectivity index is 1.56. The first kappa shape index (κ1) is 17.2. The predicted octanol–water partition coefficient (Wildman–Crippen LogP) is 2.77. The smallest absolute Gasteiger partial charge is 0.335 e. The van der Waals surface area contributed by atoms with Crippen molar-refractivity contribution in [2.45, 2.75) is 38.1 Å². The third-order valence-corrected chi connectivity index (χ3v) is 4.72. The Bertz CT molecular complexity index is 727. The van der Waals surface area contributed by atoms with Gasteiger partial charge in [0.15, 0.2) is 0 Å². The Kier molecular flexibility index (Phi) is 5.48. The Morgan fingerprint density at radius 2 is 2.16 bits per heavy atom. The number of rotatable bonds is 6. The fraction of sp³-hybridized carbons (Fsp3) is 0.421. The summed E-state index contributed by atoms with van der Waals surface area (Å²) < 4.78 is 1.84. The maximum atomic E-state index is 12.5. The van der Waals surface area contributed by atoms with Crippen molar-refractivity contribution in [3.63, 3.8) is 0 Å². The molecule has 0 saturated carbocycles. The molecule has 1 aliphatic rings. The average Bonchev–Trinajstić information content (AvgIpc) is 3.15. The van der Waals surface area contributed by atoms with Crippen LogP contribution in [0.15, 0.2) is 42.7 Å². The van der Waals surface area contributed by atoms with Gasteiger partial charge in [0.2, 0.25) is 5.91 Å². The van der Waals surface area contributed by atoms with E-state index in [1.165, 1.54) is 0 Å². The SMILES string of the molecule is O=C(O)c1cccc([C@@H]2CCCN(C(=O)CCCn3cccn3)C2)c1. The first-order chi connectivity index (χ1) is 12.1. The van der Waals surface area contributed by atoms with Crippen molar-refractivity contribution >= 4 is 11.9 Å². The van der Waals surface area contributed by atoms with E-state index in [1.54, 1.807) is 24.4 Å². The summed E-state index contributed by atoms with van der Waals surface area (Å²) in [6.45, 7) is 2.20. The molecule has 1 aromatic heterocycles. The van der Waals surface area contributed by atoms with Gasteiger partial charge in [0, 0.05) is 44.4 Å². The van der Waals surface area contributed by atoms with E-state index in [4.69, 9.17) is 5.11 Å². The summed E-state index contributed by atoms with van der Waals surface area (Å²) in [7, 11) is 0. The maximum absolute atomic E-state index is 12.5. The number of aromatic carboxylic acids is 1. The predicted molar refractivity (Wildman–Crippen MR) is 93.4 cm³/mol. The molecule has 2 heterocycles. The largest absolute Gasteiger partial charge is 0.478 e. The van der Waals surface area contributed by atoms with Gasteiger partial charge in [-0.2, -0.15) is 5.10 Å². The number of aryl methyl sites for hydroxylation is 1. The monoisotopic (exact) mass is 341 g/mol. The zero-order chi connectivity index (χ0) is 17.6. The van der Waals surface area contributed by atoms with Gasteiger partial charge in [-0.25, -0.2) is 4.79 Å². The first-order valence-corrected chi connectivity index (χ1v) is 8.72. The number of nitrogens with zero attached hydrogens (tertiary/aromatic N) is 3. The Morgan fingerprint density at radius 1 is 1.28 bits per heavy atom. The van der Waals surface area contributed by atoms with E-state index in [1.807, 2.05) is 27.9 Å². The molecule has 0 unspecified atom stereocenters. The van der Waals surface area contributed by atoms with Crippen molar-refractivity contribution in [1.82, 2.24) is 14.7 Å². The molecule has 1 saturated heterocycles. The molecule has 6 heteroatoms. The number of piperidine rings is 1. The van der Waals surface area contributed by atoms with E-state index in [0.717, 1.165) is 37.9 Å². The lowest BCUT2D eigenvalue weighted by molar-refractivity contribution is -0.132. The number of carbonyl (C=O) groups excluding carboxylic acids is 1. The minimum Gasteiger partial charge on any atom is -0.478 e. The normalized spacial score (nSPS) is 17.4. The second-order valence-corrected chi connectivity index (χ2v) is 6.48. The Morgan fingerprint density at radius 3 is 2.92 bits per heavy atom. The number of carboxylic acid groups (broad SMARTS) is 1. The van der Waals surface area contributed by atoms with Gasteiger partial charge in [-0.05, 0) is 43.0 Å². The lowest BCUT2D eigenvalue weighted by Gasteiger charge is -2.33. The standard InChI is InChI=1S/C19H23N3O3/c23-18(8-3-11-22-12-4-9-20-22)21-10-2-7-17(14-21)15-5-1-6-16(13-15)19(24)25/h1,4-6,9,12-13,17H,2-3,7-8,10-11,14H2,(H,24,25)/t17-/m1/s1. The third-order valence-electron chi connectivity index (χ3n) is 4.72. The number of likely N-dealkylation sites (tertiary alicyclic amines) is 1. The average molecular weight is 341 g/mol. The van der Waals surface area contributed by atoms with Crippen molar-refractivity contribution in [2.75, 3.05) is 13.1 Å². The first-order valence-electron chi connectivity index (χ1n) is 8.72. The van der Waals surface area contributed by atoms with Crippen LogP contribution in [0.2, 0.25) is 0 Å². The summed E-state index contributed by atoms with van der Waals surface area (Å²) in [4.78, 5) is 25.6. The summed E-state index contributed by atoms with van der Waals surface area (Å²) in [6.07, 6.45) is 6.87. The highest BCUT2D eigenvalue weighted by Gasteiger charge is 2.24. The number of aromatic nitrogens is 2. The Labute approximate surface area is 147 Å². The van der Waals surface area contributed by atoms with Crippen LogP contribution < -0.4 is 0 Å². The minimum atomic E-state index is -0.913. The van der Waals surface area contributed by atoms with Gasteiger partial charge < -0.3 is 10.0 Å². The molecule has 1 N–H and O–H groups in total. The lowest BCUT2D eigenvalue weighted by Crippen LogP contribution is -2.39. The van der Waals surface area contributed by atoms with Gasteiger partial charge in [-0.1, -0.05) is 12.1 Å². The molecule has 0 aliphatic carbocycles. The topological polar surface area (TPSA) is 75.4 Å². The van der Waals surface area contributed by atoms with E-state index < -0.39 is 5.97 Å². The molecule has 132 valence electrons. The van der Waals surface area contributed by atoms with Crippen LogP contribution in [0.4, 0.5) is 0 Å². The molecular weight excluding hydrogens is 318 g/mol. The van der Waals surface area contributed by atoms with Gasteiger partial charge in [0.1, 0.15) is 0 Å². The van der Waals surface area contributed by atoms with Crippen LogP contribution in [0.3, 0.4) is 0 Å². The third kappa shape index (κ3) is 4.47. The summed E-state index contributed by atoms with van der Waals surface area (Å²) in [6, 6.07) is 8.96. The van der Waals surface area contributed by atoms with Gasteiger partial charge in [-0.15, -0.1) is 0 Å². The molecule has 0 bridgehead atoms. The van der Waals surface area contributed by atoms with E-state index in [-0.39, 0.29) is 11.8 Å². The summed E-state index contributed by atoms with van der Waals surface area (Å²) in [5.74, 6) is -0.529. The van der Waals surface area contributed by atoms with Crippen molar-refractivity contribution in [1.29, 1.82) is 0 Å². The highest BCUT2D eigenvalue weighted by atomic mass is 16.4. The van der Waals surface area contributed by atoms with Crippen molar-refractivity contribution in [2.24, 2.45) is 0 Å². The van der Waals surface area contributed by atoms with Crippen LogP contribution in [-0.4, -0.2) is 44.8 Å². The summed E-state index contributed by atoms with van der Waals surface area (Å²) in [5, 5.41) is 13.3. The summed E-state index contributed by atoms with van der Waals surface area (Å²) >= 11 is 0. The highest BCUT2D eigenvalue weighted by molar-refractivity contribution is 5.87. The number of benzene rings is 1. The molecule has 25 heavy (non-hydrogen) atoms.